The molecule has 0 saturated carbocycles. The molecule has 0 aliphatic carbocycles. The van der Waals surface area contributed by atoms with Crippen LogP contribution in [0.5, 0.6) is 0 Å². The number of fused-ring (bicyclic) bond motifs is 1. The maximum Gasteiger partial charge on any atom is 0.255 e. The van der Waals surface area contributed by atoms with Crippen LogP contribution < -0.4 is 16.0 Å². The highest BCUT2D eigenvalue weighted by Crippen LogP contribution is 2.28. The number of carbonyl (C=O) groups excluding carboxylic acids is 1. The van der Waals surface area contributed by atoms with Crippen LogP contribution in [0.25, 0.3) is 16.9 Å². The molecular formula is C23H20N10O. The van der Waals surface area contributed by atoms with E-state index in [1.54, 1.807) is 22.8 Å². The first-order chi connectivity index (χ1) is 16.7. The van der Waals surface area contributed by atoms with Crippen molar-refractivity contribution < 1.29 is 4.79 Å². The lowest BCUT2D eigenvalue weighted by Crippen LogP contribution is -2.24. The van der Waals surface area contributed by atoms with E-state index in [-0.39, 0.29) is 6.54 Å². The number of rotatable bonds is 6. The van der Waals surface area contributed by atoms with Crippen LogP contribution in [0.2, 0.25) is 0 Å². The second-order valence-corrected chi connectivity index (χ2v) is 7.85. The normalized spacial score (nSPS) is 15.1. The van der Waals surface area contributed by atoms with Gasteiger partial charge in [0.15, 0.2) is 0 Å². The molecular weight excluding hydrogens is 432 g/mol. The van der Waals surface area contributed by atoms with E-state index in [4.69, 9.17) is 10.5 Å². The van der Waals surface area contributed by atoms with Gasteiger partial charge in [0, 0.05) is 18.9 Å². The van der Waals surface area contributed by atoms with Gasteiger partial charge < -0.3 is 16.0 Å². The minimum Gasteiger partial charge on any atom is -0.352 e. The Labute approximate surface area is 194 Å². The topological polar surface area (TPSA) is 149 Å². The van der Waals surface area contributed by atoms with E-state index in [9.17, 15) is 4.79 Å². The van der Waals surface area contributed by atoms with E-state index < -0.39 is 5.91 Å². The van der Waals surface area contributed by atoms with Gasteiger partial charge in [0.2, 0.25) is 0 Å². The Balaban J connectivity index is 1.52. The van der Waals surface area contributed by atoms with Gasteiger partial charge in [0.05, 0.1) is 63.9 Å². The summed E-state index contributed by atoms with van der Waals surface area (Å²) in [4.78, 5) is 17.2. The molecule has 0 bridgehead atoms. The SMILES string of the molecule is N#CCNC(=O)c1cnc(-c2ccc3cc(C#N)cnn23)cc1Nc1cnn([C@H]2CCNC2)c1. The molecule has 1 saturated heterocycles. The van der Waals surface area contributed by atoms with Gasteiger partial charge in [-0.05, 0) is 37.2 Å². The predicted molar refractivity (Wildman–Crippen MR) is 123 cm³/mol. The van der Waals surface area contributed by atoms with Crippen LogP contribution in [0, 0.1) is 22.7 Å². The van der Waals surface area contributed by atoms with Gasteiger partial charge in [-0.3, -0.25) is 14.5 Å². The number of hydrogen-bond donors (Lipinski definition) is 3. The van der Waals surface area contributed by atoms with Crippen molar-refractivity contribution in [2.45, 2.75) is 12.5 Å². The second kappa shape index (κ2) is 9.02. The van der Waals surface area contributed by atoms with Crippen molar-refractivity contribution in [3.8, 4) is 23.5 Å². The Kier molecular flexibility index (Phi) is 5.60. The lowest BCUT2D eigenvalue weighted by molar-refractivity contribution is 0.0959. The smallest absolute Gasteiger partial charge is 0.255 e. The van der Waals surface area contributed by atoms with E-state index >= 15 is 0 Å². The molecule has 0 spiro atoms. The maximum atomic E-state index is 12.7. The van der Waals surface area contributed by atoms with Crippen molar-refractivity contribution in [2.24, 2.45) is 0 Å². The number of hydrogen-bond acceptors (Lipinski definition) is 8. The summed E-state index contributed by atoms with van der Waals surface area (Å²) in [6, 6.07) is 11.5. The monoisotopic (exact) mass is 452 g/mol. The highest BCUT2D eigenvalue weighted by Gasteiger charge is 2.19. The molecule has 5 rings (SSSR count). The average Bonchev–Trinajstić information content (AvgIpc) is 3.62. The van der Waals surface area contributed by atoms with Gasteiger partial charge in [0.25, 0.3) is 5.91 Å². The Bertz CT molecular complexity index is 1450. The molecule has 11 heteroatoms. The van der Waals surface area contributed by atoms with Crippen LogP contribution in [0.1, 0.15) is 28.4 Å². The molecule has 0 unspecified atom stereocenters. The predicted octanol–water partition coefficient (Wildman–Crippen LogP) is 2.00. The van der Waals surface area contributed by atoms with E-state index in [1.807, 2.05) is 29.1 Å². The van der Waals surface area contributed by atoms with E-state index in [1.165, 1.54) is 12.4 Å². The zero-order chi connectivity index (χ0) is 23.5. The standard InChI is InChI=1S/C23H20N10O/c24-4-6-27-23(34)19-13-28-21(22-2-1-17-7-15(9-25)10-30-33(17)22)8-20(19)31-16-11-29-32(14-16)18-3-5-26-12-18/h1-2,7-8,10-11,13-14,18,26H,3,5-6,12H2,(H,27,34)(H,28,31)/t18-/m0/s1. The number of pyridine rings is 1. The maximum absolute atomic E-state index is 12.7. The van der Waals surface area contributed by atoms with Crippen LogP contribution in [0.3, 0.4) is 0 Å². The third kappa shape index (κ3) is 4.03. The van der Waals surface area contributed by atoms with Gasteiger partial charge in [-0.1, -0.05) is 0 Å². The summed E-state index contributed by atoms with van der Waals surface area (Å²) in [6.07, 6.45) is 7.59. The van der Waals surface area contributed by atoms with Gasteiger partial charge in [-0.2, -0.15) is 20.7 Å². The first-order valence-corrected chi connectivity index (χ1v) is 10.7. The summed E-state index contributed by atoms with van der Waals surface area (Å²) in [5.41, 5.74) is 4.07. The Morgan fingerprint density at radius 1 is 1.21 bits per heavy atom. The fourth-order valence-electron chi connectivity index (χ4n) is 3.97. The fourth-order valence-corrected chi connectivity index (χ4v) is 3.97. The Hall–Kier alpha value is -4.74. The molecule has 0 radical (unpaired) electrons. The molecule has 1 fully saturated rings. The fraction of sp³-hybridized carbons (Fsp3) is 0.217. The molecule has 11 nitrogen and oxygen atoms in total. The van der Waals surface area contributed by atoms with E-state index in [0.717, 1.165) is 30.7 Å². The number of anilines is 2. The number of carbonyl (C=O) groups is 1. The Morgan fingerprint density at radius 3 is 2.91 bits per heavy atom. The van der Waals surface area contributed by atoms with Crippen LogP contribution >= 0.6 is 0 Å². The van der Waals surface area contributed by atoms with Crippen LogP contribution in [0.15, 0.2) is 49.1 Å². The molecule has 5 heterocycles. The molecule has 3 N–H and O–H groups in total. The number of nitrogens with zero attached hydrogens (tertiary/aromatic N) is 7. The zero-order valence-corrected chi connectivity index (χ0v) is 18.1. The molecule has 1 atom stereocenters. The van der Waals surface area contributed by atoms with Gasteiger partial charge >= 0.3 is 0 Å². The third-order valence-corrected chi connectivity index (χ3v) is 5.66. The van der Waals surface area contributed by atoms with E-state index in [2.05, 4.69) is 37.2 Å². The second-order valence-electron chi connectivity index (χ2n) is 7.85. The van der Waals surface area contributed by atoms with Crippen molar-refractivity contribution in [1.29, 1.82) is 10.5 Å². The van der Waals surface area contributed by atoms with Crippen LogP contribution in [0.4, 0.5) is 11.4 Å². The minimum absolute atomic E-state index is 0.110. The van der Waals surface area contributed by atoms with Crippen molar-refractivity contribution in [1.82, 2.24) is 35.0 Å². The summed E-state index contributed by atoms with van der Waals surface area (Å²) in [5, 5.41) is 35.9. The molecule has 1 aliphatic rings. The third-order valence-electron chi connectivity index (χ3n) is 5.66. The van der Waals surface area contributed by atoms with Crippen molar-refractivity contribution in [3.63, 3.8) is 0 Å². The minimum atomic E-state index is -0.410. The van der Waals surface area contributed by atoms with Gasteiger partial charge in [-0.25, -0.2) is 4.52 Å². The highest BCUT2D eigenvalue weighted by atomic mass is 16.1. The summed E-state index contributed by atoms with van der Waals surface area (Å²) in [6.45, 7) is 1.71. The molecule has 0 aromatic carbocycles. The zero-order valence-electron chi connectivity index (χ0n) is 18.1. The van der Waals surface area contributed by atoms with Crippen LogP contribution in [-0.4, -0.2) is 49.9 Å². The molecule has 34 heavy (non-hydrogen) atoms. The van der Waals surface area contributed by atoms with Gasteiger partial charge in [0.1, 0.15) is 12.6 Å². The lowest BCUT2D eigenvalue weighted by Gasteiger charge is -2.12. The molecule has 168 valence electrons. The molecule has 4 aromatic heterocycles. The van der Waals surface area contributed by atoms with E-state index in [0.29, 0.717) is 34.2 Å². The first-order valence-electron chi connectivity index (χ1n) is 10.7. The quantitative estimate of drug-likeness (QED) is 0.376. The summed E-state index contributed by atoms with van der Waals surface area (Å²) >= 11 is 0. The van der Waals surface area contributed by atoms with Crippen LogP contribution in [-0.2, 0) is 0 Å². The number of nitrogens with one attached hydrogen (secondary N) is 3. The summed E-state index contributed by atoms with van der Waals surface area (Å²) < 4.78 is 3.60. The average molecular weight is 452 g/mol. The van der Waals surface area contributed by atoms with Crippen molar-refractivity contribution in [3.05, 3.63) is 60.2 Å². The number of aromatic nitrogens is 5. The highest BCUT2D eigenvalue weighted by molar-refractivity contribution is 6.00. The Morgan fingerprint density at radius 2 is 2.12 bits per heavy atom. The largest absolute Gasteiger partial charge is 0.352 e. The molecule has 1 amide bonds. The van der Waals surface area contributed by atoms with Crippen molar-refractivity contribution >= 4 is 22.8 Å². The lowest BCUT2D eigenvalue weighted by atomic mass is 10.1. The molecule has 1 aliphatic heterocycles. The summed E-state index contributed by atoms with van der Waals surface area (Å²) in [7, 11) is 0. The van der Waals surface area contributed by atoms with Gasteiger partial charge in [-0.15, -0.1) is 0 Å². The van der Waals surface area contributed by atoms with Crippen molar-refractivity contribution in [2.75, 3.05) is 25.0 Å². The number of amides is 1. The number of nitriles is 2. The first kappa shape index (κ1) is 21.1. The summed E-state index contributed by atoms with van der Waals surface area (Å²) in [5.74, 6) is -0.410. The molecule has 4 aromatic rings.